The van der Waals surface area contributed by atoms with E-state index >= 15 is 0 Å². The number of benzene rings is 2. The van der Waals surface area contributed by atoms with Crippen molar-refractivity contribution >= 4 is 17.7 Å². The molecule has 4 heteroatoms. The average Bonchev–Trinajstić information content (AvgIpc) is 2.45. The molecule has 0 aliphatic carbocycles. The molecule has 0 aliphatic heterocycles. The number of aromatic carboxylic acids is 1. The van der Waals surface area contributed by atoms with Gasteiger partial charge in [0.15, 0.2) is 0 Å². The van der Waals surface area contributed by atoms with Crippen LogP contribution in [0, 0.1) is 0 Å². The predicted octanol–water partition coefficient (Wildman–Crippen LogP) is 3.69. The fraction of sp³-hybridized carbons (Fsp3) is 0.133. The third kappa shape index (κ3) is 3.51. The minimum Gasteiger partial charge on any atom is -0.497 e. The van der Waals surface area contributed by atoms with Gasteiger partial charge in [0.2, 0.25) is 0 Å². The van der Waals surface area contributed by atoms with E-state index in [2.05, 4.69) is 0 Å². The summed E-state index contributed by atoms with van der Waals surface area (Å²) in [5, 5.41) is 9.11. The van der Waals surface area contributed by atoms with Crippen molar-refractivity contribution in [3.63, 3.8) is 0 Å². The van der Waals surface area contributed by atoms with Crippen molar-refractivity contribution in [3.05, 3.63) is 59.7 Å². The largest absolute Gasteiger partial charge is 0.497 e. The van der Waals surface area contributed by atoms with Crippen LogP contribution in [0.3, 0.4) is 0 Å². The van der Waals surface area contributed by atoms with Crippen molar-refractivity contribution in [2.75, 3.05) is 7.11 Å². The highest BCUT2D eigenvalue weighted by Crippen LogP contribution is 2.27. The molecule has 2 aromatic carbocycles. The maximum Gasteiger partial charge on any atom is 0.336 e. The number of carboxylic acid groups (broad SMARTS) is 1. The Kier molecular flexibility index (Phi) is 4.47. The molecule has 0 heterocycles. The summed E-state index contributed by atoms with van der Waals surface area (Å²) in [7, 11) is 1.63. The first-order valence-electron chi connectivity index (χ1n) is 5.79. The van der Waals surface area contributed by atoms with E-state index in [0.29, 0.717) is 11.3 Å². The Morgan fingerprint density at radius 2 is 2.00 bits per heavy atom. The summed E-state index contributed by atoms with van der Waals surface area (Å²) in [6, 6.07) is 14.8. The summed E-state index contributed by atoms with van der Waals surface area (Å²) in [6.45, 7) is 0. The number of carbonyl (C=O) groups is 1. The van der Waals surface area contributed by atoms with Gasteiger partial charge in [-0.05, 0) is 29.8 Å². The molecule has 0 saturated heterocycles. The number of methoxy groups -OCH3 is 1. The Labute approximate surface area is 116 Å². The third-order valence-electron chi connectivity index (χ3n) is 2.65. The molecule has 0 amide bonds. The Balaban J connectivity index is 2.12. The summed E-state index contributed by atoms with van der Waals surface area (Å²) in [6.07, 6.45) is 0. The van der Waals surface area contributed by atoms with Crippen molar-refractivity contribution < 1.29 is 14.6 Å². The van der Waals surface area contributed by atoms with E-state index in [9.17, 15) is 4.79 Å². The minimum absolute atomic E-state index is 0.343. The molecule has 3 nitrogen and oxygen atoms in total. The van der Waals surface area contributed by atoms with Gasteiger partial charge < -0.3 is 9.84 Å². The molecule has 2 aromatic rings. The zero-order chi connectivity index (χ0) is 13.7. The van der Waals surface area contributed by atoms with Gasteiger partial charge in [-0.15, -0.1) is 11.8 Å². The number of carboxylic acids is 1. The van der Waals surface area contributed by atoms with Crippen molar-refractivity contribution in [1.29, 1.82) is 0 Å². The number of thioether (sulfide) groups is 1. The maximum atomic E-state index is 11.1. The lowest BCUT2D eigenvalue weighted by Gasteiger charge is -2.07. The Morgan fingerprint density at radius 3 is 2.74 bits per heavy atom. The zero-order valence-corrected chi connectivity index (χ0v) is 11.3. The van der Waals surface area contributed by atoms with Crippen LogP contribution in [-0.2, 0) is 5.75 Å². The monoisotopic (exact) mass is 274 g/mol. The summed E-state index contributed by atoms with van der Waals surface area (Å²) >= 11 is 1.51. The number of rotatable bonds is 5. The third-order valence-corrected chi connectivity index (χ3v) is 3.79. The van der Waals surface area contributed by atoms with Crippen LogP contribution in [0.5, 0.6) is 5.75 Å². The number of hydrogen-bond acceptors (Lipinski definition) is 3. The van der Waals surface area contributed by atoms with E-state index in [1.54, 1.807) is 19.2 Å². The molecule has 2 rings (SSSR count). The van der Waals surface area contributed by atoms with Gasteiger partial charge >= 0.3 is 5.97 Å². The first kappa shape index (κ1) is 13.5. The molecule has 0 atom stereocenters. The molecule has 19 heavy (non-hydrogen) atoms. The van der Waals surface area contributed by atoms with Gasteiger partial charge in [0.1, 0.15) is 5.75 Å². The van der Waals surface area contributed by atoms with Crippen LogP contribution < -0.4 is 4.74 Å². The standard InChI is InChI=1S/C15H14O3S/c1-18-12-6-4-5-11(9-12)10-19-14-8-3-2-7-13(14)15(16)17/h2-9H,10H2,1H3,(H,16,17). The van der Waals surface area contributed by atoms with Gasteiger partial charge in [-0.25, -0.2) is 4.79 Å². The van der Waals surface area contributed by atoms with E-state index in [1.165, 1.54) is 11.8 Å². The van der Waals surface area contributed by atoms with Crippen molar-refractivity contribution in [3.8, 4) is 5.75 Å². The lowest BCUT2D eigenvalue weighted by Crippen LogP contribution is -1.98. The smallest absolute Gasteiger partial charge is 0.336 e. The normalized spacial score (nSPS) is 10.2. The second kappa shape index (κ2) is 6.29. The van der Waals surface area contributed by atoms with Crippen LogP contribution in [0.15, 0.2) is 53.4 Å². The van der Waals surface area contributed by atoms with E-state index < -0.39 is 5.97 Å². The molecule has 0 aromatic heterocycles. The SMILES string of the molecule is COc1cccc(CSc2ccccc2C(=O)O)c1. The molecule has 98 valence electrons. The predicted molar refractivity (Wildman–Crippen MR) is 76.0 cm³/mol. The van der Waals surface area contributed by atoms with Gasteiger partial charge in [-0.1, -0.05) is 24.3 Å². The molecular weight excluding hydrogens is 260 g/mol. The molecule has 0 aliphatic rings. The number of hydrogen-bond donors (Lipinski definition) is 1. The molecule has 0 unspecified atom stereocenters. The molecular formula is C15H14O3S. The lowest BCUT2D eigenvalue weighted by molar-refractivity contribution is 0.0693. The molecule has 0 radical (unpaired) electrons. The number of ether oxygens (including phenoxy) is 1. The van der Waals surface area contributed by atoms with Gasteiger partial charge in [0, 0.05) is 10.6 Å². The summed E-state index contributed by atoms with van der Waals surface area (Å²) in [5.41, 5.74) is 1.44. The van der Waals surface area contributed by atoms with Gasteiger partial charge in [-0.3, -0.25) is 0 Å². The Bertz CT molecular complexity index is 581. The van der Waals surface area contributed by atoms with E-state index in [1.807, 2.05) is 36.4 Å². The first-order valence-corrected chi connectivity index (χ1v) is 6.77. The summed E-state index contributed by atoms with van der Waals surface area (Å²) < 4.78 is 5.17. The highest BCUT2D eigenvalue weighted by Gasteiger charge is 2.09. The molecule has 0 bridgehead atoms. The lowest BCUT2D eigenvalue weighted by atomic mass is 10.2. The quantitative estimate of drug-likeness (QED) is 0.845. The van der Waals surface area contributed by atoms with Gasteiger partial charge in [0.05, 0.1) is 12.7 Å². The Morgan fingerprint density at radius 1 is 1.21 bits per heavy atom. The maximum absolute atomic E-state index is 11.1. The van der Waals surface area contributed by atoms with Crippen LogP contribution in [-0.4, -0.2) is 18.2 Å². The molecule has 1 N–H and O–H groups in total. The topological polar surface area (TPSA) is 46.5 Å². The highest BCUT2D eigenvalue weighted by molar-refractivity contribution is 7.98. The van der Waals surface area contributed by atoms with E-state index in [0.717, 1.165) is 16.2 Å². The average molecular weight is 274 g/mol. The van der Waals surface area contributed by atoms with Crippen molar-refractivity contribution in [1.82, 2.24) is 0 Å². The van der Waals surface area contributed by atoms with E-state index in [-0.39, 0.29) is 0 Å². The second-order valence-corrected chi connectivity index (χ2v) is 4.96. The fourth-order valence-electron chi connectivity index (χ4n) is 1.69. The molecule has 0 saturated carbocycles. The van der Waals surface area contributed by atoms with E-state index in [4.69, 9.17) is 9.84 Å². The molecule has 0 spiro atoms. The summed E-state index contributed by atoms with van der Waals surface area (Å²) in [5.74, 6) is 0.625. The minimum atomic E-state index is -0.895. The van der Waals surface area contributed by atoms with Crippen LogP contribution in [0.2, 0.25) is 0 Å². The highest BCUT2D eigenvalue weighted by atomic mass is 32.2. The van der Waals surface area contributed by atoms with Gasteiger partial charge in [0.25, 0.3) is 0 Å². The van der Waals surface area contributed by atoms with Gasteiger partial charge in [-0.2, -0.15) is 0 Å². The fourth-order valence-corrected chi connectivity index (χ4v) is 2.68. The Hall–Kier alpha value is -1.94. The molecule has 0 fully saturated rings. The van der Waals surface area contributed by atoms with Crippen LogP contribution in [0.4, 0.5) is 0 Å². The zero-order valence-electron chi connectivity index (χ0n) is 10.5. The van der Waals surface area contributed by atoms with Crippen LogP contribution in [0.1, 0.15) is 15.9 Å². The van der Waals surface area contributed by atoms with Crippen LogP contribution in [0.25, 0.3) is 0 Å². The first-order chi connectivity index (χ1) is 9.20. The van der Waals surface area contributed by atoms with Crippen LogP contribution >= 0.6 is 11.8 Å². The van der Waals surface area contributed by atoms with Crippen molar-refractivity contribution in [2.24, 2.45) is 0 Å². The van der Waals surface area contributed by atoms with Crippen molar-refractivity contribution in [2.45, 2.75) is 10.6 Å². The summed E-state index contributed by atoms with van der Waals surface area (Å²) in [4.78, 5) is 11.9. The second-order valence-electron chi connectivity index (χ2n) is 3.94.